The summed E-state index contributed by atoms with van der Waals surface area (Å²) in [6.07, 6.45) is 2.35. The fourth-order valence-electron chi connectivity index (χ4n) is 1.80. The van der Waals surface area contributed by atoms with Crippen molar-refractivity contribution in [2.24, 2.45) is 11.3 Å². The van der Waals surface area contributed by atoms with Gasteiger partial charge in [-0.25, -0.2) is 0 Å². The van der Waals surface area contributed by atoms with Crippen molar-refractivity contribution in [1.29, 1.82) is 0 Å². The van der Waals surface area contributed by atoms with E-state index < -0.39 is 23.3 Å². The van der Waals surface area contributed by atoms with E-state index in [-0.39, 0.29) is 12.4 Å². The van der Waals surface area contributed by atoms with Gasteiger partial charge in [0.2, 0.25) is 0 Å². The second-order valence-corrected chi connectivity index (χ2v) is 5.17. The molecule has 0 aromatic carbocycles. The minimum absolute atomic E-state index is 0.0106. The molecule has 0 fully saturated rings. The minimum Gasteiger partial charge on any atom is -0.549 e. The highest BCUT2D eigenvalue weighted by Gasteiger charge is 2.27. The van der Waals surface area contributed by atoms with Crippen LogP contribution < -0.4 is 10.2 Å². The molecule has 0 heterocycles. The maximum Gasteiger partial charge on any atom is 0.311 e. The van der Waals surface area contributed by atoms with E-state index in [0.717, 1.165) is 0 Å². The van der Waals surface area contributed by atoms with E-state index in [0.29, 0.717) is 25.7 Å². The third-order valence-electron chi connectivity index (χ3n) is 3.10. The first-order chi connectivity index (χ1) is 8.72. The van der Waals surface area contributed by atoms with Crippen LogP contribution in [0.2, 0.25) is 0 Å². The Labute approximate surface area is 112 Å². The third-order valence-corrected chi connectivity index (χ3v) is 3.10. The highest BCUT2D eigenvalue weighted by molar-refractivity contribution is 5.90. The van der Waals surface area contributed by atoms with E-state index in [9.17, 15) is 24.6 Å². The van der Waals surface area contributed by atoms with E-state index in [1.807, 2.05) is 0 Å². The molecular weight excluding hydrogens is 252 g/mol. The Balaban J connectivity index is 3.96. The van der Waals surface area contributed by atoms with Crippen LogP contribution in [0.1, 0.15) is 46.0 Å². The molecule has 0 radical (unpaired) electrons. The van der Waals surface area contributed by atoms with Crippen molar-refractivity contribution in [2.75, 3.05) is 7.11 Å². The summed E-state index contributed by atoms with van der Waals surface area (Å²) in [6, 6.07) is 0. The summed E-state index contributed by atoms with van der Waals surface area (Å²) in [6.45, 7) is 3.54. The Morgan fingerprint density at radius 3 is 2.00 bits per heavy atom. The minimum atomic E-state index is -1.62. The Bertz CT molecular complexity index is 320. The largest absolute Gasteiger partial charge is 0.549 e. The van der Waals surface area contributed by atoms with Crippen molar-refractivity contribution in [2.45, 2.75) is 46.0 Å². The lowest BCUT2D eigenvalue weighted by molar-refractivity contribution is -0.332. The lowest BCUT2D eigenvalue weighted by atomic mass is 9.86. The van der Waals surface area contributed by atoms with Crippen LogP contribution in [0.25, 0.3) is 0 Å². The monoisotopic (exact) mass is 272 g/mol. The highest BCUT2D eigenvalue weighted by atomic mass is 16.5. The lowest BCUT2D eigenvalue weighted by Crippen LogP contribution is -2.43. The van der Waals surface area contributed by atoms with Gasteiger partial charge in [0.25, 0.3) is 0 Å². The summed E-state index contributed by atoms with van der Waals surface area (Å²) in [5.74, 6) is -5.09. The number of methoxy groups -OCH3 is 1. The Morgan fingerprint density at radius 2 is 1.58 bits per heavy atom. The molecule has 0 N–H and O–H groups in total. The number of carboxylic acid groups (broad SMARTS) is 2. The number of unbranched alkanes of at least 4 members (excludes halogenated alkanes) is 2. The van der Waals surface area contributed by atoms with Gasteiger partial charge in [-0.2, -0.15) is 0 Å². The van der Waals surface area contributed by atoms with Gasteiger partial charge in [0.15, 0.2) is 0 Å². The quantitative estimate of drug-likeness (QED) is 0.310. The summed E-state index contributed by atoms with van der Waals surface area (Å²) in [5.41, 5.74) is -0.586. The molecule has 0 aromatic rings. The molecule has 0 rings (SSSR count). The SMILES string of the molecule is COC(=O)C(C)(C)CCCCCC(C(=O)[O-])C(=O)[O-]. The van der Waals surface area contributed by atoms with Crippen molar-refractivity contribution < 1.29 is 29.3 Å². The van der Waals surface area contributed by atoms with Crippen molar-refractivity contribution >= 4 is 17.9 Å². The summed E-state index contributed by atoms with van der Waals surface area (Å²) in [5, 5.41) is 21.0. The fraction of sp³-hybridized carbons (Fsp3) is 0.769. The van der Waals surface area contributed by atoms with Gasteiger partial charge in [-0.15, -0.1) is 0 Å². The molecule has 0 atom stereocenters. The number of aliphatic carboxylic acids is 2. The van der Waals surface area contributed by atoms with Crippen LogP contribution >= 0.6 is 0 Å². The number of carbonyl (C=O) groups is 3. The molecule has 0 amide bonds. The zero-order valence-electron chi connectivity index (χ0n) is 11.6. The number of carboxylic acids is 2. The van der Waals surface area contributed by atoms with Crippen LogP contribution in [0.15, 0.2) is 0 Å². The van der Waals surface area contributed by atoms with E-state index in [4.69, 9.17) is 0 Å². The van der Waals surface area contributed by atoms with Gasteiger partial charge >= 0.3 is 5.97 Å². The van der Waals surface area contributed by atoms with E-state index in [2.05, 4.69) is 4.74 Å². The molecule has 0 aliphatic heterocycles. The Morgan fingerprint density at radius 1 is 1.05 bits per heavy atom. The molecule has 0 aromatic heterocycles. The molecule has 0 aliphatic rings. The van der Waals surface area contributed by atoms with Gasteiger partial charge in [-0.1, -0.05) is 19.3 Å². The van der Waals surface area contributed by atoms with Gasteiger partial charge < -0.3 is 24.5 Å². The standard InChI is InChI=1S/C13H22O6/c1-13(2,12(18)19-3)8-6-4-5-7-9(10(14)15)11(16)17/h9H,4-8H2,1-3H3,(H,14,15)(H,16,17)/p-2. The average molecular weight is 272 g/mol. The zero-order chi connectivity index (χ0) is 15.1. The molecule has 0 spiro atoms. The predicted octanol–water partition coefficient (Wildman–Crippen LogP) is -0.748. The van der Waals surface area contributed by atoms with Crippen molar-refractivity contribution in [3.8, 4) is 0 Å². The molecule has 0 bridgehead atoms. The van der Waals surface area contributed by atoms with Crippen LogP contribution in [-0.4, -0.2) is 25.0 Å². The van der Waals surface area contributed by atoms with Crippen LogP contribution in [0, 0.1) is 11.3 Å². The van der Waals surface area contributed by atoms with E-state index in [1.54, 1.807) is 13.8 Å². The topological polar surface area (TPSA) is 107 Å². The van der Waals surface area contributed by atoms with Crippen molar-refractivity contribution in [3.63, 3.8) is 0 Å². The summed E-state index contributed by atoms with van der Waals surface area (Å²) < 4.78 is 4.66. The first-order valence-corrected chi connectivity index (χ1v) is 6.22. The van der Waals surface area contributed by atoms with Crippen molar-refractivity contribution in [3.05, 3.63) is 0 Å². The second-order valence-electron chi connectivity index (χ2n) is 5.17. The predicted molar refractivity (Wildman–Crippen MR) is 62.4 cm³/mol. The highest BCUT2D eigenvalue weighted by Crippen LogP contribution is 2.25. The molecule has 0 aliphatic carbocycles. The van der Waals surface area contributed by atoms with E-state index in [1.165, 1.54) is 7.11 Å². The van der Waals surface area contributed by atoms with Gasteiger partial charge in [0.05, 0.1) is 24.5 Å². The summed E-state index contributed by atoms with van der Waals surface area (Å²) in [4.78, 5) is 32.4. The van der Waals surface area contributed by atoms with Crippen LogP contribution in [0.3, 0.4) is 0 Å². The molecular formula is C13H20O6-2. The van der Waals surface area contributed by atoms with Crippen LogP contribution in [0.4, 0.5) is 0 Å². The maximum absolute atomic E-state index is 11.4. The smallest absolute Gasteiger partial charge is 0.311 e. The first kappa shape index (κ1) is 17.4. The molecule has 6 nitrogen and oxygen atoms in total. The van der Waals surface area contributed by atoms with Gasteiger partial charge in [-0.3, -0.25) is 4.79 Å². The summed E-state index contributed by atoms with van der Waals surface area (Å²) in [7, 11) is 1.33. The van der Waals surface area contributed by atoms with Gasteiger partial charge in [-0.05, 0) is 26.7 Å². The number of hydrogen-bond acceptors (Lipinski definition) is 6. The lowest BCUT2D eigenvalue weighted by Gasteiger charge is -2.22. The van der Waals surface area contributed by atoms with Gasteiger partial charge in [0, 0.05) is 5.92 Å². The normalized spacial score (nSPS) is 11.4. The number of ether oxygens (including phenoxy) is 1. The number of carbonyl (C=O) groups excluding carboxylic acids is 3. The average Bonchev–Trinajstić information content (AvgIpc) is 2.31. The Kier molecular flexibility index (Phi) is 7.11. The molecule has 0 saturated heterocycles. The van der Waals surface area contributed by atoms with Crippen molar-refractivity contribution in [1.82, 2.24) is 0 Å². The molecule has 19 heavy (non-hydrogen) atoms. The second kappa shape index (κ2) is 7.76. The third kappa shape index (κ3) is 6.22. The van der Waals surface area contributed by atoms with Crippen LogP contribution in [0.5, 0.6) is 0 Å². The molecule has 110 valence electrons. The zero-order valence-corrected chi connectivity index (χ0v) is 11.6. The molecule has 0 unspecified atom stereocenters. The molecule has 6 heteroatoms. The number of rotatable bonds is 9. The first-order valence-electron chi connectivity index (χ1n) is 6.22. The van der Waals surface area contributed by atoms with E-state index >= 15 is 0 Å². The number of hydrogen-bond donors (Lipinski definition) is 0. The number of esters is 1. The summed E-state index contributed by atoms with van der Waals surface area (Å²) >= 11 is 0. The van der Waals surface area contributed by atoms with Crippen LogP contribution in [-0.2, 0) is 19.1 Å². The maximum atomic E-state index is 11.4. The molecule has 0 saturated carbocycles. The fourth-order valence-corrected chi connectivity index (χ4v) is 1.80. The Hall–Kier alpha value is -1.59. The van der Waals surface area contributed by atoms with Gasteiger partial charge in [0.1, 0.15) is 0 Å².